The van der Waals surface area contributed by atoms with E-state index in [9.17, 15) is 9.59 Å². The fraction of sp³-hybridized carbons (Fsp3) is 0.778. The number of hydrogen-bond donors (Lipinski definition) is 0. The molecule has 0 saturated carbocycles. The molecule has 64 valence electrons. The minimum atomic E-state index is 0.239. The number of Topliss-reactive ketones (excluding diaryl/α,β-unsaturated/α-hetero) is 1. The Morgan fingerprint density at radius 3 is 2.55 bits per heavy atom. The van der Waals surface area contributed by atoms with Gasteiger partial charge in [-0.2, -0.15) is 0 Å². The summed E-state index contributed by atoms with van der Waals surface area (Å²) in [4.78, 5) is 20.5. The van der Waals surface area contributed by atoms with E-state index in [-0.39, 0.29) is 5.78 Å². The summed E-state index contributed by atoms with van der Waals surface area (Å²) in [5.41, 5.74) is 0. The average Bonchev–Trinajstić information content (AvgIpc) is 1.97. The van der Waals surface area contributed by atoms with Crippen molar-refractivity contribution in [2.24, 2.45) is 5.92 Å². The molecular formula is C9H16O2. The summed E-state index contributed by atoms with van der Waals surface area (Å²) in [5.74, 6) is 0.743. The minimum absolute atomic E-state index is 0.239. The molecule has 0 spiro atoms. The normalized spacial score (nSPS) is 12.5. The molecule has 0 saturated heterocycles. The molecule has 0 aromatic rings. The van der Waals surface area contributed by atoms with E-state index in [0.717, 1.165) is 19.1 Å². The maximum Gasteiger partial charge on any atom is 0.129 e. The Balaban J connectivity index is 3.28. The monoisotopic (exact) mass is 156 g/mol. The predicted molar refractivity (Wildman–Crippen MR) is 44.4 cm³/mol. The molecule has 0 amide bonds. The van der Waals surface area contributed by atoms with Crippen molar-refractivity contribution in [3.8, 4) is 0 Å². The smallest absolute Gasteiger partial charge is 0.129 e. The maximum atomic E-state index is 10.6. The molecule has 0 fully saturated rings. The van der Waals surface area contributed by atoms with Gasteiger partial charge in [-0.1, -0.05) is 6.92 Å². The molecule has 0 aliphatic heterocycles. The van der Waals surface area contributed by atoms with E-state index in [4.69, 9.17) is 0 Å². The van der Waals surface area contributed by atoms with Gasteiger partial charge in [0.05, 0.1) is 0 Å². The standard InChI is InChI=1S/C9H16O2/c1-8(4-3-7-10)5-6-9(2)11/h7-8H,3-6H2,1-2H3/t8-/m0/s1. The van der Waals surface area contributed by atoms with Crippen LogP contribution in [0.3, 0.4) is 0 Å². The van der Waals surface area contributed by atoms with Crippen LogP contribution in [0.1, 0.15) is 39.5 Å². The van der Waals surface area contributed by atoms with Crippen LogP contribution in [0.25, 0.3) is 0 Å². The van der Waals surface area contributed by atoms with Crippen molar-refractivity contribution in [1.29, 1.82) is 0 Å². The van der Waals surface area contributed by atoms with E-state index in [2.05, 4.69) is 6.92 Å². The van der Waals surface area contributed by atoms with E-state index in [1.165, 1.54) is 0 Å². The van der Waals surface area contributed by atoms with E-state index in [1.54, 1.807) is 6.92 Å². The van der Waals surface area contributed by atoms with Crippen LogP contribution in [-0.4, -0.2) is 12.1 Å². The first-order valence-corrected chi connectivity index (χ1v) is 4.10. The largest absolute Gasteiger partial charge is 0.303 e. The first-order chi connectivity index (χ1) is 5.16. The van der Waals surface area contributed by atoms with Crippen LogP contribution in [0, 0.1) is 5.92 Å². The number of carbonyl (C=O) groups excluding carboxylic acids is 2. The summed E-state index contributed by atoms with van der Waals surface area (Å²) >= 11 is 0. The fourth-order valence-electron chi connectivity index (χ4n) is 0.947. The molecule has 0 heterocycles. The summed E-state index contributed by atoms with van der Waals surface area (Å²) in [5, 5.41) is 0. The van der Waals surface area contributed by atoms with Crippen molar-refractivity contribution in [1.82, 2.24) is 0 Å². The Bertz CT molecular complexity index is 130. The fourth-order valence-corrected chi connectivity index (χ4v) is 0.947. The van der Waals surface area contributed by atoms with Gasteiger partial charge in [0, 0.05) is 12.8 Å². The summed E-state index contributed by atoms with van der Waals surface area (Å²) in [6, 6.07) is 0. The molecule has 0 aliphatic carbocycles. The Morgan fingerprint density at radius 2 is 2.09 bits per heavy atom. The molecular weight excluding hydrogens is 140 g/mol. The van der Waals surface area contributed by atoms with Gasteiger partial charge >= 0.3 is 0 Å². The van der Waals surface area contributed by atoms with Crippen molar-refractivity contribution >= 4 is 12.1 Å². The molecule has 0 N–H and O–H groups in total. The van der Waals surface area contributed by atoms with Gasteiger partial charge in [0.2, 0.25) is 0 Å². The molecule has 0 radical (unpaired) electrons. The van der Waals surface area contributed by atoms with Gasteiger partial charge in [0.1, 0.15) is 12.1 Å². The third kappa shape index (κ3) is 7.23. The van der Waals surface area contributed by atoms with Gasteiger partial charge < -0.3 is 9.59 Å². The zero-order valence-electron chi connectivity index (χ0n) is 7.30. The zero-order chi connectivity index (χ0) is 8.69. The van der Waals surface area contributed by atoms with Gasteiger partial charge in [-0.3, -0.25) is 0 Å². The highest BCUT2D eigenvalue weighted by Gasteiger charge is 2.02. The van der Waals surface area contributed by atoms with Gasteiger partial charge in [-0.05, 0) is 25.7 Å². The molecule has 0 unspecified atom stereocenters. The number of hydrogen-bond acceptors (Lipinski definition) is 2. The van der Waals surface area contributed by atoms with Crippen LogP contribution in [-0.2, 0) is 9.59 Å². The van der Waals surface area contributed by atoms with Crippen molar-refractivity contribution < 1.29 is 9.59 Å². The van der Waals surface area contributed by atoms with E-state index in [1.807, 2.05) is 0 Å². The molecule has 1 atom stereocenters. The quantitative estimate of drug-likeness (QED) is 0.551. The first-order valence-electron chi connectivity index (χ1n) is 4.10. The molecule has 0 aromatic heterocycles. The Kier molecular flexibility index (Phi) is 5.71. The number of aldehydes is 1. The lowest BCUT2D eigenvalue weighted by Crippen LogP contribution is -1.99. The highest BCUT2D eigenvalue weighted by atomic mass is 16.1. The van der Waals surface area contributed by atoms with E-state index >= 15 is 0 Å². The van der Waals surface area contributed by atoms with Crippen LogP contribution in [0.5, 0.6) is 0 Å². The lowest BCUT2D eigenvalue weighted by molar-refractivity contribution is -0.117. The number of rotatable bonds is 6. The van der Waals surface area contributed by atoms with Crippen molar-refractivity contribution in [2.75, 3.05) is 0 Å². The second kappa shape index (κ2) is 6.08. The first kappa shape index (κ1) is 10.3. The van der Waals surface area contributed by atoms with E-state index in [0.29, 0.717) is 18.8 Å². The minimum Gasteiger partial charge on any atom is -0.303 e. The molecule has 0 rings (SSSR count). The third-order valence-electron chi connectivity index (χ3n) is 1.77. The highest BCUT2D eigenvalue weighted by molar-refractivity contribution is 5.75. The van der Waals surface area contributed by atoms with Gasteiger partial charge in [0.25, 0.3) is 0 Å². The van der Waals surface area contributed by atoms with E-state index < -0.39 is 0 Å². The van der Waals surface area contributed by atoms with Gasteiger partial charge in [0.15, 0.2) is 0 Å². The topological polar surface area (TPSA) is 34.1 Å². The van der Waals surface area contributed by atoms with Gasteiger partial charge in [-0.25, -0.2) is 0 Å². The van der Waals surface area contributed by atoms with Crippen LogP contribution in [0.4, 0.5) is 0 Å². The summed E-state index contributed by atoms with van der Waals surface area (Å²) in [7, 11) is 0. The van der Waals surface area contributed by atoms with Crippen LogP contribution in [0.2, 0.25) is 0 Å². The Hall–Kier alpha value is -0.660. The summed E-state index contributed by atoms with van der Waals surface area (Å²) in [6.45, 7) is 3.68. The maximum absolute atomic E-state index is 10.6. The second-order valence-electron chi connectivity index (χ2n) is 3.09. The van der Waals surface area contributed by atoms with Crippen molar-refractivity contribution in [3.63, 3.8) is 0 Å². The molecule has 2 nitrogen and oxygen atoms in total. The second-order valence-corrected chi connectivity index (χ2v) is 3.09. The highest BCUT2D eigenvalue weighted by Crippen LogP contribution is 2.11. The summed E-state index contributed by atoms with van der Waals surface area (Å²) in [6.07, 6.45) is 4.04. The molecule has 11 heavy (non-hydrogen) atoms. The molecule has 2 heteroatoms. The average molecular weight is 156 g/mol. The van der Waals surface area contributed by atoms with Gasteiger partial charge in [-0.15, -0.1) is 0 Å². The lowest BCUT2D eigenvalue weighted by Gasteiger charge is -2.06. The molecule has 0 bridgehead atoms. The number of ketones is 1. The molecule has 0 aliphatic rings. The Morgan fingerprint density at radius 1 is 1.45 bits per heavy atom. The van der Waals surface area contributed by atoms with Crippen molar-refractivity contribution in [3.05, 3.63) is 0 Å². The summed E-state index contributed by atoms with van der Waals surface area (Å²) < 4.78 is 0. The van der Waals surface area contributed by atoms with Crippen LogP contribution in [0.15, 0.2) is 0 Å². The lowest BCUT2D eigenvalue weighted by atomic mass is 9.99. The van der Waals surface area contributed by atoms with Crippen LogP contribution >= 0.6 is 0 Å². The SMILES string of the molecule is CC(=O)CC[C@@H](C)CCC=O. The van der Waals surface area contributed by atoms with Crippen molar-refractivity contribution in [2.45, 2.75) is 39.5 Å². The third-order valence-corrected chi connectivity index (χ3v) is 1.77. The zero-order valence-corrected chi connectivity index (χ0v) is 7.30. The Labute approximate surface area is 68.0 Å². The predicted octanol–water partition coefficient (Wildman–Crippen LogP) is 1.97. The molecule has 0 aromatic carbocycles. The number of carbonyl (C=O) groups is 2. The van der Waals surface area contributed by atoms with Crippen LogP contribution < -0.4 is 0 Å².